The van der Waals surface area contributed by atoms with E-state index in [1.807, 2.05) is 0 Å². The van der Waals surface area contributed by atoms with E-state index < -0.39 is 9.73 Å². The van der Waals surface area contributed by atoms with Crippen LogP contribution in [0.25, 0.3) is 0 Å². The Balaban J connectivity index is 3.14. The third-order valence-electron chi connectivity index (χ3n) is 1.84. The zero-order valence-corrected chi connectivity index (χ0v) is 9.68. The second kappa shape index (κ2) is 3.31. The van der Waals surface area contributed by atoms with E-state index in [1.54, 1.807) is 12.4 Å². The number of hydrogen-bond donors (Lipinski definition) is 1. The molecule has 1 rings (SSSR count). The Kier molecular flexibility index (Phi) is 2.63. The number of aromatic nitrogens is 2. The van der Waals surface area contributed by atoms with Crippen LogP contribution in [0.1, 0.15) is 26.3 Å². The second-order valence-electron chi connectivity index (χ2n) is 4.35. The highest BCUT2D eigenvalue weighted by molar-refractivity contribution is 7.91. The quantitative estimate of drug-likeness (QED) is 0.723. The molecule has 0 aliphatic carbocycles. The minimum atomic E-state index is -2.79. The third-order valence-corrected chi connectivity index (χ3v) is 2.75. The molecule has 0 saturated carbocycles. The first-order valence-corrected chi connectivity index (χ1v) is 6.24. The molecule has 14 heavy (non-hydrogen) atoms. The van der Waals surface area contributed by atoms with Crippen molar-refractivity contribution in [3.05, 3.63) is 18.0 Å². The summed E-state index contributed by atoms with van der Waals surface area (Å²) in [6.45, 7) is 6.15. The van der Waals surface area contributed by atoms with Crippen LogP contribution < -0.4 is 0 Å². The molecule has 0 fully saturated rings. The Morgan fingerprint density at radius 3 is 2.00 bits per heavy atom. The van der Waals surface area contributed by atoms with E-state index >= 15 is 0 Å². The van der Waals surface area contributed by atoms with Crippen molar-refractivity contribution in [3.8, 4) is 0 Å². The molecule has 0 saturated heterocycles. The molecule has 0 aliphatic rings. The van der Waals surface area contributed by atoms with E-state index in [1.165, 1.54) is 6.26 Å². The molecule has 1 aromatic rings. The average Bonchev–Trinajstić information content (AvgIpc) is 2.01. The van der Waals surface area contributed by atoms with Crippen LogP contribution in [0, 0.1) is 4.78 Å². The molecule has 0 aromatic carbocycles. The van der Waals surface area contributed by atoms with Gasteiger partial charge in [-0.1, -0.05) is 20.8 Å². The first-order chi connectivity index (χ1) is 6.21. The van der Waals surface area contributed by atoms with Gasteiger partial charge >= 0.3 is 0 Å². The van der Waals surface area contributed by atoms with Crippen LogP contribution in [0.15, 0.2) is 17.6 Å². The summed E-state index contributed by atoms with van der Waals surface area (Å²) in [7, 11) is -2.79. The van der Waals surface area contributed by atoms with Crippen molar-refractivity contribution in [1.82, 2.24) is 9.97 Å². The van der Waals surface area contributed by atoms with Gasteiger partial charge in [-0.25, -0.2) is 19.0 Å². The van der Waals surface area contributed by atoms with Gasteiger partial charge < -0.3 is 0 Å². The maximum atomic E-state index is 11.3. The Bertz CT molecular complexity index is 414. The summed E-state index contributed by atoms with van der Waals surface area (Å²) in [5.41, 5.74) is 0.958. The van der Waals surface area contributed by atoms with E-state index in [-0.39, 0.29) is 10.6 Å². The molecule has 4 nitrogen and oxygen atoms in total. The van der Waals surface area contributed by atoms with Gasteiger partial charge in [0.15, 0.2) is 0 Å². The number of nitrogens with one attached hydrogen (secondary N) is 1. The molecule has 0 radical (unpaired) electrons. The van der Waals surface area contributed by atoms with Gasteiger partial charge in [0.1, 0.15) is 9.73 Å². The number of hydrogen-bond acceptors (Lipinski definition) is 4. The molecule has 1 heterocycles. The monoisotopic (exact) mass is 213 g/mol. The Morgan fingerprint density at radius 1 is 1.29 bits per heavy atom. The van der Waals surface area contributed by atoms with Crippen molar-refractivity contribution < 1.29 is 4.21 Å². The van der Waals surface area contributed by atoms with Crippen molar-refractivity contribution in [2.75, 3.05) is 6.26 Å². The maximum Gasteiger partial charge on any atom is 0.226 e. The fourth-order valence-corrected chi connectivity index (χ4v) is 1.41. The van der Waals surface area contributed by atoms with Crippen LogP contribution >= 0.6 is 0 Å². The molecule has 1 atom stereocenters. The van der Waals surface area contributed by atoms with Gasteiger partial charge in [0.05, 0.1) is 0 Å². The molecule has 0 spiro atoms. The SMILES string of the molecule is CC(C)(C)c1cnc(S(C)(=N)=O)nc1. The summed E-state index contributed by atoms with van der Waals surface area (Å²) in [6.07, 6.45) is 4.60. The zero-order valence-electron chi connectivity index (χ0n) is 8.87. The van der Waals surface area contributed by atoms with Crippen LogP contribution in [-0.4, -0.2) is 20.4 Å². The van der Waals surface area contributed by atoms with Gasteiger partial charge in [-0.05, 0) is 11.0 Å². The highest BCUT2D eigenvalue weighted by Gasteiger charge is 2.15. The number of rotatable bonds is 1. The lowest BCUT2D eigenvalue weighted by Gasteiger charge is -2.17. The second-order valence-corrected chi connectivity index (χ2v) is 6.40. The fraction of sp³-hybridized carbons (Fsp3) is 0.556. The topological polar surface area (TPSA) is 66.7 Å². The summed E-state index contributed by atoms with van der Waals surface area (Å²) in [6, 6.07) is 0. The lowest BCUT2D eigenvalue weighted by Crippen LogP contribution is -2.13. The standard InChI is InChI=1S/C9H15N3OS/c1-9(2,3)7-5-11-8(12-6-7)14(4,10)13/h5-6,10H,1-4H3. The summed E-state index contributed by atoms with van der Waals surface area (Å²) in [5, 5.41) is 0.102. The summed E-state index contributed by atoms with van der Waals surface area (Å²) < 4.78 is 18.6. The van der Waals surface area contributed by atoms with E-state index in [0.29, 0.717) is 0 Å². The first-order valence-electron chi connectivity index (χ1n) is 4.27. The number of nitrogens with zero attached hydrogens (tertiary/aromatic N) is 2. The predicted octanol–water partition coefficient (Wildman–Crippen LogP) is 1.81. The molecule has 0 amide bonds. The van der Waals surface area contributed by atoms with Crippen LogP contribution in [0.4, 0.5) is 0 Å². The van der Waals surface area contributed by atoms with E-state index in [2.05, 4.69) is 30.7 Å². The van der Waals surface area contributed by atoms with Gasteiger partial charge in [-0.2, -0.15) is 0 Å². The molecule has 1 aromatic heterocycles. The van der Waals surface area contributed by atoms with Crippen molar-refractivity contribution in [3.63, 3.8) is 0 Å². The minimum absolute atomic E-state index is 0.0187. The molecule has 0 aliphatic heterocycles. The van der Waals surface area contributed by atoms with Crippen LogP contribution in [-0.2, 0) is 15.1 Å². The Labute approximate surface area is 84.8 Å². The van der Waals surface area contributed by atoms with Gasteiger partial charge in [-0.3, -0.25) is 0 Å². The predicted molar refractivity (Wildman–Crippen MR) is 55.8 cm³/mol. The lowest BCUT2D eigenvalue weighted by atomic mass is 9.89. The molecular formula is C9H15N3OS. The smallest absolute Gasteiger partial charge is 0.226 e. The van der Waals surface area contributed by atoms with Crippen LogP contribution in [0.2, 0.25) is 0 Å². The summed E-state index contributed by atoms with van der Waals surface area (Å²) in [5.74, 6) is 0. The fourth-order valence-electron chi connectivity index (χ4n) is 0.905. The van der Waals surface area contributed by atoms with Crippen molar-refractivity contribution >= 4 is 9.73 Å². The van der Waals surface area contributed by atoms with Gasteiger partial charge in [0.2, 0.25) is 5.16 Å². The molecule has 1 N–H and O–H groups in total. The summed E-state index contributed by atoms with van der Waals surface area (Å²) in [4.78, 5) is 7.88. The van der Waals surface area contributed by atoms with Crippen LogP contribution in [0.5, 0.6) is 0 Å². The lowest BCUT2D eigenvalue weighted by molar-refractivity contribution is 0.579. The highest BCUT2D eigenvalue weighted by atomic mass is 32.2. The Morgan fingerprint density at radius 2 is 1.71 bits per heavy atom. The van der Waals surface area contributed by atoms with Gasteiger partial charge in [0.25, 0.3) is 0 Å². The average molecular weight is 213 g/mol. The molecular weight excluding hydrogens is 198 g/mol. The van der Waals surface area contributed by atoms with Crippen molar-refractivity contribution in [2.45, 2.75) is 31.3 Å². The van der Waals surface area contributed by atoms with Gasteiger partial charge in [0, 0.05) is 18.6 Å². The highest BCUT2D eigenvalue weighted by Crippen LogP contribution is 2.20. The van der Waals surface area contributed by atoms with Gasteiger partial charge in [-0.15, -0.1) is 0 Å². The normalized spacial score (nSPS) is 16.3. The first kappa shape index (κ1) is 11.1. The molecule has 1 unspecified atom stereocenters. The zero-order chi connectivity index (χ0) is 11.0. The van der Waals surface area contributed by atoms with Crippen LogP contribution in [0.3, 0.4) is 0 Å². The minimum Gasteiger partial charge on any atom is -0.246 e. The van der Waals surface area contributed by atoms with E-state index in [4.69, 9.17) is 4.78 Å². The molecule has 78 valence electrons. The summed E-state index contributed by atoms with van der Waals surface area (Å²) >= 11 is 0. The van der Waals surface area contributed by atoms with Crippen molar-refractivity contribution in [2.24, 2.45) is 0 Å². The largest absolute Gasteiger partial charge is 0.246 e. The van der Waals surface area contributed by atoms with E-state index in [0.717, 1.165) is 5.56 Å². The Hall–Kier alpha value is -0.970. The molecule has 5 heteroatoms. The van der Waals surface area contributed by atoms with E-state index in [9.17, 15) is 4.21 Å². The molecule has 0 bridgehead atoms. The maximum absolute atomic E-state index is 11.3. The third kappa shape index (κ3) is 2.51. The van der Waals surface area contributed by atoms with Crippen molar-refractivity contribution in [1.29, 1.82) is 4.78 Å².